The highest BCUT2D eigenvalue weighted by atomic mass is 16.5. The van der Waals surface area contributed by atoms with Gasteiger partial charge in [0.2, 0.25) is 5.91 Å². The summed E-state index contributed by atoms with van der Waals surface area (Å²) in [7, 11) is 1.65. The van der Waals surface area contributed by atoms with Crippen LogP contribution >= 0.6 is 0 Å². The van der Waals surface area contributed by atoms with Crippen LogP contribution in [0.3, 0.4) is 0 Å². The number of methoxy groups -OCH3 is 1. The fourth-order valence-corrected chi connectivity index (χ4v) is 2.55. The second-order valence-electron chi connectivity index (χ2n) is 4.85. The molecule has 0 saturated carbocycles. The van der Waals surface area contributed by atoms with Crippen LogP contribution in [0.5, 0.6) is 5.75 Å². The molecule has 1 aliphatic heterocycles. The fourth-order valence-electron chi connectivity index (χ4n) is 2.55. The van der Waals surface area contributed by atoms with Gasteiger partial charge in [0, 0.05) is 23.5 Å². The van der Waals surface area contributed by atoms with Crippen LogP contribution < -0.4 is 15.4 Å². The lowest BCUT2D eigenvalue weighted by Crippen LogP contribution is -2.44. The minimum absolute atomic E-state index is 0.0398. The van der Waals surface area contributed by atoms with Crippen LogP contribution in [0.25, 0.3) is 10.8 Å². The third-order valence-electron chi connectivity index (χ3n) is 3.58. The van der Waals surface area contributed by atoms with Crippen LogP contribution in [0, 0.1) is 0 Å². The molecular weight excluding hydrogens is 254 g/mol. The molecular formula is C15H17N3O2. The van der Waals surface area contributed by atoms with Crippen LogP contribution in [0.2, 0.25) is 0 Å². The average molecular weight is 271 g/mol. The van der Waals surface area contributed by atoms with Gasteiger partial charge in [-0.15, -0.1) is 0 Å². The van der Waals surface area contributed by atoms with E-state index in [0.29, 0.717) is 0 Å². The van der Waals surface area contributed by atoms with E-state index < -0.39 is 0 Å². The number of piperidine rings is 1. The van der Waals surface area contributed by atoms with Crippen molar-refractivity contribution < 1.29 is 9.53 Å². The first-order chi connectivity index (χ1) is 9.79. The number of hydrogen-bond acceptors (Lipinski definition) is 4. The zero-order valence-electron chi connectivity index (χ0n) is 11.3. The maximum atomic E-state index is 11.8. The third-order valence-corrected chi connectivity index (χ3v) is 3.58. The topological polar surface area (TPSA) is 63.2 Å². The van der Waals surface area contributed by atoms with Crippen molar-refractivity contribution in [3.63, 3.8) is 0 Å². The molecule has 1 amide bonds. The van der Waals surface area contributed by atoms with Gasteiger partial charge in [-0.2, -0.15) is 0 Å². The van der Waals surface area contributed by atoms with E-state index in [-0.39, 0.29) is 11.9 Å². The van der Waals surface area contributed by atoms with Gasteiger partial charge in [-0.05, 0) is 25.0 Å². The van der Waals surface area contributed by atoms with Gasteiger partial charge in [-0.25, -0.2) is 4.98 Å². The van der Waals surface area contributed by atoms with Crippen LogP contribution in [0.15, 0.2) is 30.5 Å². The maximum Gasteiger partial charge on any atom is 0.242 e. The number of hydrogen-bond donors (Lipinski definition) is 2. The summed E-state index contributed by atoms with van der Waals surface area (Å²) in [5, 5.41) is 8.07. The molecule has 1 saturated heterocycles. The SMILES string of the molecule is COc1cccc2c(NC3CCCNC3=O)nccc12. The Morgan fingerprint density at radius 3 is 3.05 bits per heavy atom. The second-order valence-corrected chi connectivity index (χ2v) is 4.85. The van der Waals surface area contributed by atoms with Gasteiger partial charge in [0.15, 0.2) is 0 Å². The van der Waals surface area contributed by atoms with Crippen LogP contribution in [0.4, 0.5) is 5.82 Å². The molecule has 3 rings (SSSR count). The van der Waals surface area contributed by atoms with Crippen molar-refractivity contribution in [1.82, 2.24) is 10.3 Å². The minimum atomic E-state index is -0.215. The Morgan fingerprint density at radius 1 is 1.35 bits per heavy atom. The lowest BCUT2D eigenvalue weighted by molar-refractivity contribution is -0.123. The van der Waals surface area contributed by atoms with Crippen molar-refractivity contribution >= 4 is 22.5 Å². The van der Waals surface area contributed by atoms with E-state index in [1.807, 2.05) is 24.3 Å². The summed E-state index contributed by atoms with van der Waals surface area (Å²) < 4.78 is 5.36. The van der Waals surface area contributed by atoms with Gasteiger partial charge in [-0.3, -0.25) is 4.79 Å². The highest BCUT2D eigenvalue weighted by molar-refractivity contribution is 5.97. The first kappa shape index (κ1) is 12.7. The van der Waals surface area contributed by atoms with E-state index in [4.69, 9.17) is 4.74 Å². The van der Waals surface area contributed by atoms with Gasteiger partial charge >= 0.3 is 0 Å². The molecule has 2 aromatic rings. The quantitative estimate of drug-likeness (QED) is 0.895. The second kappa shape index (κ2) is 5.36. The van der Waals surface area contributed by atoms with Gasteiger partial charge < -0.3 is 15.4 Å². The molecule has 104 valence electrons. The first-order valence-electron chi connectivity index (χ1n) is 6.75. The summed E-state index contributed by atoms with van der Waals surface area (Å²) in [4.78, 5) is 16.2. The molecule has 2 heterocycles. The molecule has 1 aliphatic rings. The van der Waals surface area contributed by atoms with E-state index in [2.05, 4.69) is 15.6 Å². The van der Waals surface area contributed by atoms with Crippen molar-refractivity contribution in [2.45, 2.75) is 18.9 Å². The van der Waals surface area contributed by atoms with E-state index in [0.717, 1.165) is 41.7 Å². The molecule has 2 N–H and O–H groups in total. The molecule has 1 aromatic carbocycles. The summed E-state index contributed by atoms with van der Waals surface area (Å²) in [5.41, 5.74) is 0. The molecule has 0 spiro atoms. The summed E-state index contributed by atoms with van der Waals surface area (Å²) in [6, 6.07) is 7.52. The Bertz CT molecular complexity index is 642. The zero-order chi connectivity index (χ0) is 13.9. The highest BCUT2D eigenvalue weighted by Crippen LogP contribution is 2.29. The number of nitrogens with zero attached hydrogens (tertiary/aromatic N) is 1. The standard InChI is InChI=1S/C15H17N3O2/c1-20-13-6-2-4-11-10(13)7-9-16-14(11)18-12-5-3-8-17-15(12)19/h2,4,6-7,9,12H,3,5,8H2,1H3,(H,16,18)(H,17,19). The molecule has 0 bridgehead atoms. The van der Waals surface area contributed by atoms with E-state index in [1.165, 1.54) is 0 Å². The lowest BCUT2D eigenvalue weighted by Gasteiger charge is -2.23. The molecule has 20 heavy (non-hydrogen) atoms. The van der Waals surface area contributed by atoms with Crippen molar-refractivity contribution in [2.24, 2.45) is 0 Å². The van der Waals surface area contributed by atoms with E-state index in [1.54, 1.807) is 13.3 Å². The number of carbonyl (C=O) groups is 1. The van der Waals surface area contributed by atoms with E-state index in [9.17, 15) is 4.79 Å². The van der Waals surface area contributed by atoms with Crippen LogP contribution in [-0.4, -0.2) is 30.6 Å². The van der Waals surface area contributed by atoms with Gasteiger partial charge in [0.05, 0.1) is 7.11 Å². The zero-order valence-corrected chi connectivity index (χ0v) is 11.3. The molecule has 5 nitrogen and oxygen atoms in total. The number of rotatable bonds is 3. The Balaban J connectivity index is 1.97. The first-order valence-corrected chi connectivity index (χ1v) is 6.75. The summed E-state index contributed by atoms with van der Waals surface area (Å²) >= 11 is 0. The molecule has 5 heteroatoms. The Morgan fingerprint density at radius 2 is 2.25 bits per heavy atom. The normalized spacial score (nSPS) is 18.6. The van der Waals surface area contributed by atoms with Gasteiger partial charge in [-0.1, -0.05) is 12.1 Å². The number of aromatic nitrogens is 1. The Kier molecular flexibility index (Phi) is 3.41. The molecule has 0 aliphatic carbocycles. The predicted molar refractivity (Wildman–Crippen MR) is 77.9 cm³/mol. The smallest absolute Gasteiger partial charge is 0.242 e. The maximum absolute atomic E-state index is 11.8. The molecule has 0 radical (unpaired) electrons. The van der Waals surface area contributed by atoms with E-state index >= 15 is 0 Å². The molecule has 1 aromatic heterocycles. The van der Waals surface area contributed by atoms with Crippen molar-refractivity contribution in [3.8, 4) is 5.75 Å². The number of amides is 1. The molecule has 1 fully saturated rings. The van der Waals surface area contributed by atoms with Crippen molar-refractivity contribution in [1.29, 1.82) is 0 Å². The Hall–Kier alpha value is -2.30. The van der Waals surface area contributed by atoms with Crippen molar-refractivity contribution in [2.75, 3.05) is 19.0 Å². The molecule has 1 unspecified atom stereocenters. The van der Waals surface area contributed by atoms with Gasteiger partial charge in [0.25, 0.3) is 0 Å². The number of carbonyl (C=O) groups excluding carboxylic acids is 1. The molecule has 1 atom stereocenters. The average Bonchev–Trinajstić information content (AvgIpc) is 2.49. The minimum Gasteiger partial charge on any atom is -0.496 e. The summed E-state index contributed by atoms with van der Waals surface area (Å²) in [6.07, 6.45) is 3.54. The largest absolute Gasteiger partial charge is 0.496 e. The van der Waals surface area contributed by atoms with Crippen molar-refractivity contribution in [3.05, 3.63) is 30.5 Å². The summed E-state index contributed by atoms with van der Waals surface area (Å²) in [6.45, 7) is 0.758. The summed E-state index contributed by atoms with van der Waals surface area (Å²) in [5.74, 6) is 1.57. The Labute approximate surface area is 117 Å². The monoisotopic (exact) mass is 271 g/mol. The predicted octanol–water partition coefficient (Wildman–Crippen LogP) is 1.93. The third kappa shape index (κ3) is 2.27. The number of anilines is 1. The van der Waals surface area contributed by atoms with Gasteiger partial charge in [0.1, 0.15) is 17.6 Å². The number of fused-ring (bicyclic) bond motifs is 1. The number of pyridine rings is 1. The van der Waals surface area contributed by atoms with Crippen LogP contribution in [0.1, 0.15) is 12.8 Å². The number of benzene rings is 1. The van der Waals surface area contributed by atoms with Crippen LogP contribution in [-0.2, 0) is 4.79 Å². The fraction of sp³-hybridized carbons (Fsp3) is 0.333. The number of nitrogens with one attached hydrogen (secondary N) is 2. The number of ether oxygens (including phenoxy) is 1. The lowest BCUT2D eigenvalue weighted by atomic mass is 10.1. The highest BCUT2D eigenvalue weighted by Gasteiger charge is 2.22.